The number of carboxylic acid groups (broad SMARTS) is 1. The van der Waals surface area contributed by atoms with Crippen LogP contribution in [0.3, 0.4) is 0 Å². The van der Waals surface area contributed by atoms with Crippen LogP contribution in [0.25, 0.3) is 0 Å². The first-order valence-electron chi connectivity index (χ1n) is 5.47. The predicted octanol–water partition coefficient (Wildman–Crippen LogP) is 0.995. The SMILES string of the molecule is C=CCN(CC(=O)O)S(=O)(=O)c1ccc(F)cc1[N+](=O)[O-]. The maximum Gasteiger partial charge on any atom is 0.318 e. The average molecular weight is 318 g/mol. The summed E-state index contributed by atoms with van der Waals surface area (Å²) in [6.45, 7) is 2.04. The van der Waals surface area contributed by atoms with Gasteiger partial charge in [-0.1, -0.05) is 6.08 Å². The summed E-state index contributed by atoms with van der Waals surface area (Å²) in [6.07, 6.45) is 1.13. The van der Waals surface area contributed by atoms with E-state index in [9.17, 15) is 27.7 Å². The number of carboxylic acids is 1. The normalized spacial score (nSPS) is 11.3. The monoisotopic (exact) mass is 318 g/mol. The van der Waals surface area contributed by atoms with Crippen molar-refractivity contribution >= 4 is 21.7 Å². The minimum absolute atomic E-state index is 0.358. The molecule has 0 saturated heterocycles. The molecule has 0 aliphatic rings. The second kappa shape index (κ2) is 6.41. The molecule has 0 atom stereocenters. The van der Waals surface area contributed by atoms with Crippen LogP contribution in [-0.2, 0) is 14.8 Å². The molecule has 0 heterocycles. The number of hydrogen-bond acceptors (Lipinski definition) is 5. The third-order valence-corrected chi connectivity index (χ3v) is 4.24. The predicted molar refractivity (Wildman–Crippen MR) is 69.6 cm³/mol. The Hall–Kier alpha value is -2.33. The molecule has 0 aliphatic heterocycles. The molecule has 8 nitrogen and oxygen atoms in total. The first kappa shape index (κ1) is 16.7. The average Bonchev–Trinajstić information content (AvgIpc) is 2.37. The highest BCUT2D eigenvalue weighted by Gasteiger charge is 2.32. The Bertz CT molecular complexity index is 688. The number of carbonyl (C=O) groups is 1. The fourth-order valence-corrected chi connectivity index (χ4v) is 3.03. The number of hydrogen-bond donors (Lipinski definition) is 1. The largest absolute Gasteiger partial charge is 0.480 e. The molecule has 1 aromatic rings. The summed E-state index contributed by atoms with van der Waals surface area (Å²) in [4.78, 5) is 19.7. The van der Waals surface area contributed by atoms with Gasteiger partial charge in [-0.05, 0) is 12.1 Å². The van der Waals surface area contributed by atoms with E-state index in [-0.39, 0.29) is 6.54 Å². The number of benzene rings is 1. The summed E-state index contributed by atoms with van der Waals surface area (Å²) in [5.74, 6) is -2.42. The lowest BCUT2D eigenvalue weighted by Gasteiger charge is -2.18. The molecule has 0 saturated carbocycles. The van der Waals surface area contributed by atoms with Crippen LogP contribution in [-0.4, -0.2) is 41.8 Å². The number of rotatable bonds is 7. The molecule has 1 rings (SSSR count). The summed E-state index contributed by atoms with van der Waals surface area (Å²) < 4.78 is 38.1. The number of halogens is 1. The highest BCUT2D eigenvalue weighted by Crippen LogP contribution is 2.27. The van der Waals surface area contributed by atoms with E-state index in [1.807, 2.05) is 0 Å². The van der Waals surface area contributed by atoms with Gasteiger partial charge in [0.2, 0.25) is 0 Å². The van der Waals surface area contributed by atoms with Crippen molar-refractivity contribution in [3.8, 4) is 0 Å². The van der Waals surface area contributed by atoms with Gasteiger partial charge in [-0.15, -0.1) is 6.58 Å². The summed E-state index contributed by atoms with van der Waals surface area (Å²) in [5, 5.41) is 19.6. The minimum Gasteiger partial charge on any atom is -0.480 e. The topological polar surface area (TPSA) is 118 Å². The van der Waals surface area contributed by atoms with Crippen molar-refractivity contribution in [3.05, 3.63) is 46.8 Å². The van der Waals surface area contributed by atoms with Gasteiger partial charge in [0.15, 0.2) is 4.90 Å². The Labute approximate surface area is 119 Å². The van der Waals surface area contributed by atoms with Crippen molar-refractivity contribution in [2.24, 2.45) is 0 Å². The molecule has 1 aromatic carbocycles. The third kappa shape index (κ3) is 3.83. The summed E-state index contributed by atoms with van der Waals surface area (Å²) in [5.41, 5.74) is -0.963. The minimum atomic E-state index is -4.48. The lowest BCUT2D eigenvalue weighted by molar-refractivity contribution is -0.388. The van der Waals surface area contributed by atoms with E-state index in [0.29, 0.717) is 10.4 Å². The lowest BCUT2D eigenvalue weighted by Crippen LogP contribution is -2.36. The van der Waals surface area contributed by atoms with Gasteiger partial charge >= 0.3 is 5.97 Å². The van der Waals surface area contributed by atoms with Crippen LogP contribution in [0.15, 0.2) is 35.7 Å². The zero-order chi connectivity index (χ0) is 16.2. The van der Waals surface area contributed by atoms with Gasteiger partial charge in [-0.2, -0.15) is 4.31 Å². The van der Waals surface area contributed by atoms with Gasteiger partial charge in [-0.25, -0.2) is 12.8 Å². The van der Waals surface area contributed by atoms with Gasteiger partial charge in [0.25, 0.3) is 15.7 Å². The van der Waals surface area contributed by atoms with E-state index in [0.717, 1.165) is 18.2 Å². The Kier molecular flexibility index (Phi) is 5.11. The number of sulfonamides is 1. The van der Waals surface area contributed by atoms with E-state index >= 15 is 0 Å². The summed E-state index contributed by atoms with van der Waals surface area (Å²) in [7, 11) is -4.48. The molecule has 0 amide bonds. The zero-order valence-electron chi connectivity index (χ0n) is 10.6. The van der Waals surface area contributed by atoms with Crippen molar-refractivity contribution in [1.82, 2.24) is 4.31 Å². The van der Waals surface area contributed by atoms with E-state index in [2.05, 4.69) is 6.58 Å². The standard InChI is InChI=1S/C11H11FN2O6S/c1-2-5-13(7-11(15)16)21(19,20)10-4-3-8(12)6-9(10)14(17)18/h2-4,6H,1,5,7H2,(H,15,16). The van der Waals surface area contributed by atoms with Crippen LogP contribution in [0.4, 0.5) is 10.1 Å². The Morgan fingerprint density at radius 3 is 2.62 bits per heavy atom. The van der Waals surface area contributed by atoms with Crippen LogP contribution in [0.1, 0.15) is 0 Å². The molecule has 0 radical (unpaired) electrons. The van der Waals surface area contributed by atoms with Crippen molar-refractivity contribution in [1.29, 1.82) is 0 Å². The molecule has 0 aromatic heterocycles. The van der Waals surface area contributed by atoms with Crippen LogP contribution < -0.4 is 0 Å². The number of nitro benzene ring substituents is 1. The third-order valence-electron chi connectivity index (χ3n) is 2.38. The quantitative estimate of drug-likeness (QED) is 0.455. The number of nitro groups is 1. The van der Waals surface area contributed by atoms with E-state index < -0.39 is 43.9 Å². The summed E-state index contributed by atoms with van der Waals surface area (Å²) in [6, 6.07) is 1.92. The maximum atomic E-state index is 13.0. The van der Waals surface area contributed by atoms with Gasteiger partial charge in [0.05, 0.1) is 11.0 Å². The maximum absolute atomic E-state index is 13.0. The fourth-order valence-electron chi connectivity index (χ4n) is 1.53. The van der Waals surface area contributed by atoms with Crippen molar-refractivity contribution in [2.75, 3.05) is 13.1 Å². The second-order valence-corrected chi connectivity index (χ2v) is 5.76. The molecule has 0 fully saturated rings. The highest BCUT2D eigenvalue weighted by molar-refractivity contribution is 7.89. The van der Waals surface area contributed by atoms with Crippen molar-refractivity contribution < 1.29 is 27.6 Å². The Balaban J connectivity index is 3.43. The van der Waals surface area contributed by atoms with E-state index in [1.165, 1.54) is 0 Å². The zero-order valence-corrected chi connectivity index (χ0v) is 11.4. The molecular formula is C11H11FN2O6S. The van der Waals surface area contributed by atoms with Crippen LogP contribution >= 0.6 is 0 Å². The Morgan fingerprint density at radius 2 is 2.14 bits per heavy atom. The van der Waals surface area contributed by atoms with Crippen LogP contribution in [0.5, 0.6) is 0 Å². The molecular weight excluding hydrogens is 307 g/mol. The molecule has 1 N–H and O–H groups in total. The first-order valence-corrected chi connectivity index (χ1v) is 6.91. The van der Waals surface area contributed by atoms with Gasteiger partial charge in [0.1, 0.15) is 12.4 Å². The Morgan fingerprint density at radius 1 is 1.52 bits per heavy atom. The lowest BCUT2D eigenvalue weighted by atomic mass is 10.3. The number of nitrogens with zero attached hydrogens (tertiary/aromatic N) is 2. The summed E-state index contributed by atoms with van der Waals surface area (Å²) >= 11 is 0. The molecule has 0 bridgehead atoms. The molecule has 21 heavy (non-hydrogen) atoms. The van der Waals surface area contributed by atoms with Gasteiger partial charge in [0, 0.05) is 6.54 Å². The molecule has 10 heteroatoms. The fraction of sp³-hybridized carbons (Fsp3) is 0.182. The van der Waals surface area contributed by atoms with Crippen LogP contribution in [0, 0.1) is 15.9 Å². The smallest absolute Gasteiger partial charge is 0.318 e. The van der Waals surface area contributed by atoms with Crippen molar-refractivity contribution in [2.45, 2.75) is 4.90 Å². The van der Waals surface area contributed by atoms with Crippen LogP contribution in [0.2, 0.25) is 0 Å². The second-order valence-electron chi connectivity index (χ2n) is 3.85. The van der Waals surface area contributed by atoms with Crippen molar-refractivity contribution in [3.63, 3.8) is 0 Å². The molecule has 0 aliphatic carbocycles. The van der Waals surface area contributed by atoms with E-state index in [1.54, 1.807) is 0 Å². The van der Waals surface area contributed by atoms with Gasteiger partial charge in [-0.3, -0.25) is 14.9 Å². The first-order chi connectivity index (χ1) is 9.70. The van der Waals surface area contributed by atoms with E-state index in [4.69, 9.17) is 5.11 Å². The highest BCUT2D eigenvalue weighted by atomic mass is 32.2. The van der Waals surface area contributed by atoms with Gasteiger partial charge < -0.3 is 5.11 Å². The molecule has 0 spiro atoms. The molecule has 114 valence electrons. The molecule has 0 unspecified atom stereocenters. The number of aliphatic carboxylic acids is 1.